The molecular weight excluding hydrogens is 244 g/mol. The van der Waals surface area contributed by atoms with Crippen molar-refractivity contribution in [2.45, 2.75) is 69.9 Å². The Labute approximate surface area is 116 Å². The Balaban J connectivity index is 4.33. The first-order valence-corrected chi connectivity index (χ1v) is 6.56. The van der Waals surface area contributed by atoms with E-state index >= 15 is 0 Å². The second kappa shape index (κ2) is 6.66. The first-order valence-electron chi connectivity index (χ1n) is 6.56. The van der Waals surface area contributed by atoms with Crippen molar-refractivity contribution < 1.29 is 20.4 Å². The van der Waals surface area contributed by atoms with E-state index in [2.05, 4.69) is 6.58 Å². The van der Waals surface area contributed by atoms with Crippen LogP contribution in [0.2, 0.25) is 0 Å². The fraction of sp³-hybridized carbons (Fsp3) is 0.733. The van der Waals surface area contributed by atoms with Crippen molar-refractivity contribution in [3.63, 3.8) is 0 Å². The summed E-state index contributed by atoms with van der Waals surface area (Å²) in [4.78, 5) is 0. The number of aliphatic hydroxyl groups excluding tert-OH is 1. The average Bonchev–Trinajstić information content (AvgIpc) is 2.24. The number of hydrogen-bond donors (Lipinski definition) is 4. The molecule has 19 heavy (non-hydrogen) atoms. The van der Waals surface area contributed by atoms with Crippen molar-refractivity contribution in [2.75, 3.05) is 0 Å². The Kier molecular flexibility index (Phi) is 6.42. The Morgan fingerprint density at radius 2 is 1.58 bits per heavy atom. The van der Waals surface area contributed by atoms with Crippen LogP contribution < -0.4 is 0 Å². The van der Waals surface area contributed by atoms with Gasteiger partial charge < -0.3 is 20.4 Å². The highest BCUT2D eigenvalue weighted by Gasteiger charge is 2.27. The maximum Gasteiger partial charge on any atom is 0.0849 e. The molecule has 0 spiro atoms. The number of rotatable bonds is 8. The molecule has 4 nitrogen and oxygen atoms in total. The van der Waals surface area contributed by atoms with E-state index in [-0.39, 0.29) is 0 Å². The van der Waals surface area contributed by atoms with Crippen molar-refractivity contribution in [2.24, 2.45) is 0 Å². The van der Waals surface area contributed by atoms with E-state index in [9.17, 15) is 20.4 Å². The molecule has 0 aliphatic heterocycles. The molecule has 0 radical (unpaired) electrons. The van der Waals surface area contributed by atoms with Gasteiger partial charge in [0.2, 0.25) is 0 Å². The summed E-state index contributed by atoms with van der Waals surface area (Å²) in [6, 6.07) is 0. The third-order valence-electron chi connectivity index (χ3n) is 3.19. The van der Waals surface area contributed by atoms with Crippen LogP contribution in [0.3, 0.4) is 0 Å². The zero-order chi connectivity index (χ0) is 15.3. The van der Waals surface area contributed by atoms with Gasteiger partial charge in [0.1, 0.15) is 0 Å². The summed E-state index contributed by atoms with van der Waals surface area (Å²) in [7, 11) is 0. The van der Waals surface area contributed by atoms with E-state index in [0.29, 0.717) is 19.3 Å². The average molecular weight is 272 g/mol. The molecule has 112 valence electrons. The van der Waals surface area contributed by atoms with Crippen molar-refractivity contribution in [1.29, 1.82) is 0 Å². The Morgan fingerprint density at radius 3 is 2.00 bits per heavy atom. The Hall–Kier alpha value is -0.680. The molecule has 0 saturated carbocycles. The van der Waals surface area contributed by atoms with Gasteiger partial charge in [-0.2, -0.15) is 0 Å². The molecule has 0 aliphatic carbocycles. The molecule has 0 aromatic carbocycles. The van der Waals surface area contributed by atoms with Crippen molar-refractivity contribution in [3.05, 3.63) is 24.8 Å². The predicted octanol–water partition coefficient (Wildman–Crippen LogP) is 1.53. The summed E-state index contributed by atoms with van der Waals surface area (Å²) in [6.45, 7) is 9.85. The molecule has 0 aromatic heterocycles. The molecule has 0 fully saturated rings. The first kappa shape index (κ1) is 18.3. The molecule has 2 unspecified atom stereocenters. The number of hydrogen-bond acceptors (Lipinski definition) is 4. The normalized spacial score (nSPS) is 20.8. The van der Waals surface area contributed by atoms with E-state index in [1.165, 1.54) is 19.9 Å². The minimum atomic E-state index is -1.17. The minimum absolute atomic E-state index is 0.290. The lowest BCUT2D eigenvalue weighted by molar-refractivity contribution is -0.0591. The van der Waals surface area contributed by atoms with E-state index in [4.69, 9.17) is 0 Å². The van der Waals surface area contributed by atoms with Crippen LogP contribution in [-0.2, 0) is 0 Å². The fourth-order valence-corrected chi connectivity index (χ4v) is 1.50. The summed E-state index contributed by atoms with van der Waals surface area (Å²) in [6.07, 6.45) is 4.83. The third-order valence-corrected chi connectivity index (χ3v) is 3.19. The van der Waals surface area contributed by atoms with Crippen LogP contribution in [0.1, 0.15) is 47.0 Å². The molecular formula is C15H28O4. The minimum Gasteiger partial charge on any atom is -0.390 e. The fourth-order valence-electron chi connectivity index (χ4n) is 1.50. The third kappa shape index (κ3) is 8.16. The van der Waals surface area contributed by atoms with Crippen LogP contribution in [-0.4, -0.2) is 43.3 Å². The van der Waals surface area contributed by atoms with Gasteiger partial charge in [-0.1, -0.05) is 18.2 Å². The molecule has 0 heterocycles. The van der Waals surface area contributed by atoms with Crippen LogP contribution in [0.5, 0.6) is 0 Å². The van der Waals surface area contributed by atoms with Crippen LogP contribution in [0.4, 0.5) is 0 Å². The molecule has 4 N–H and O–H groups in total. The SMILES string of the molecule is C=CC(C)(O)C/C=C/C(C)(O)CC[C@@H](O)C(C)(C)O. The summed E-state index contributed by atoms with van der Waals surface area (Å²) >= 11 is 0. The molecule has 0 amide bonds. The van der Waals surface area contributed by atoms with Crippen LogP contribution in [0, 0.1) is 0 Å². The van der Waals surface area contributed by atoms with Crippen LogP contribution in [0.25, 0.3) is 0 Å². The van der Waals surface area contributed by atoms with Crippen LogP contribution >= 0.6 is 0 Å². The lowest BCUT2D eigenvalue weighted by Crippen LogP contribution is -2.37. The Bertz CT molecular complexity index is 311. The summed E-state index contributed by atoms with van der Waals surface area (Å²) < 4.78 is 0. The standard InChI is InChI=1S/C15H28O4/c1-6-14(4,18)9-7-10-15(5,19)11-8-12(16)13(2,3)17/h6-7,10,12,16-19H,1,8-9,11H2,2-5H3/b10-7+/t12-,14?,15?/m1/s1. The highest BCUT2D eigenvalue weighted by Crippen LogP contribution is 2.21. The molecule has 0 rings (SSSR count). The topological polar surface area (TPSA) is 80.9 Å². The monoisotopic (exact) mass is 272 g/mol. The van der Waals surface area contributed by atoms with Gasteiger partial charge in [0.05, 0.1) is 22.9 Å². The molecule has 0 aliphatic rings. The highest BCUT2D eigenvalue weighted by atomic mass is 16.3. The quantitative estimate of drug-likeness (QED) is 0.505. The largest absolute Gasteiger partial charge is 0.390 e. The van der Waals surface area contributed by atoms with Crippen molar-refractivity contribution in [3.8, 4) is 0 Å². The molecule has 0 bridgehead atoms. The van der Waals surface area contributed by atoms with Gasteiger partial charge in [-0.05, 0) is 47.0 Å². The maximum absolute atomic E-state index is 10.1. The molecule has 4 heteroatoms. The number of aliphatic hydroxyl groups is 4. The van der Waals surface area contributed by atoms with Gasteiger partial charge in [0.25, 0.3) is 0 Å². The van der Waals surface area contributed by atoms with E-state index in [1.54, 1.807) is 26.0 Å². The predicted molar refractivity (Wildman–Crippen MR) is 76.7 cm³/mol. The van der Waals surface area contributed by atoms with Gasteiger partial charge in [-0.3, -0.25) is 0 Å². The van der Waals surface area contributed by atoms with Gasteiger partial charge in [-0.25, -0.2) is 0 Å². The highest BCUT2D eigenvalue weighted by molar-refractivity contribution is 5.04. The summed E-state index contributed by atoms with van der Waals surface area (Å²) in [5, 5.41) is 39.1. The van der Waals surface area contributed by atoms with Crippen LogP contribution in [0.15, 0.2) is 24.8 Å². The molecule has 0 saturated heterocycles. The van der Waals surface area contributed by atoms with Crippen molar-refractivity contribution in [1.82, 2.24) is 0 Å². The van der Waals surface area contributed by atoms with E-state index in [0.717, 1.165) is 0 Å². The van der Waals surface area contributed by atoms with Gasteiger partial charge in [-0.15, -0.1) is 6.58 Å². The lowest BCUT2D eigenvalue weighted by atomic mass is 9.90. The first-order chi connectivity index (χ1) is 8.40. The Morgan fingerprint density at radius 1 is 1.05 bits per heavy atom. The van der Waals surface area contributed by atoms with Crippen molar-refractivity contribution >= 4 is 0 Å². The maximum atomic E-state index is 10.1. The summed E-state index contributed by atoms with van der Waals surface area (Å²) in [5.74, 6) is 0. The van der Waals surface area contributed by atoms with E-state index < -0.39 is 22.9 Å². The smallest absolute Gasteiger partial charge is 0.0849 e. The van der Waals surface area contributed by atoms with Gasteiger partial charge >= 0.3 is 0 Å². The van der Waals surface area contributed by atoms with E-state index in [1.807, 2.05) is 0 Å². The zero-order valence-corrected chi connectivity index (χ0v) is 12.4. The lowest BCUT2D eigenvalue weighted by Gasteiger charge is -2.27. The zero-order valence-electron chi connectivity index (χ0n) is 12.4. The molecule has 3 atom stereocenters. The molecule has 0 aromatic rings. The van der Waals surface area contributed by atoms with Gasteiger partial charge in [0, 0.05) is 0 Å². The second-order valence-corrected chi connectivity index (χ2v) is 6.23. The van der Waals surface area contributed by atoms with Gasteiger partial charge in [0.15, 0.2) is 0 Å². The summed E-state index contributed by atoms with van der Waals surface area (Å²) in [5.41, 5.74) is -3.24. The second-order valence-electron chi connectivity index (χ2n) is 6.23.